The lowest BCUT2D eigenvalue weighted by molar-refractivity contribution is 0.588. The lowest BCUT2D eigenvalue weighted by Gasteiger charge is -2.16. The fourth-order valence-electron chi connectivity index (χ4n) is 2.73. The van der Waals surface area contributed by atoms with E-state index in [4.69, 9.17) is 11.6 Å². The van der Waals surface area contributed by atoms with Gasteiger partial charge in [-0.3, -0.25) is 0 Å². The Labute approximate surface area is 142 Å². The molecule has 0 radical (unpaired) electrons. The molecule has 0 saturated heterocycles. The van der Waals surface area contributed by atoms with E-state index in [-0.39, 0.29) is 6.04 Å². The standard InChI is InChI=1S/C14H17N11/c1-8(24-3-2-9-11(15)19-6-21-13(9)24)4-17-12-14-18-5-10(23-16)25(14)22-7-20-12/h2-3,5-8,23H,4,16H2,1H3,(H2,15,19,21)(H,17,20,22). The van der Waals surface area contributed by atoms with Crippen LogP contribution in [0.25, 0.3) is 16.7 Å². The van der Waals surface area contributed by atoms with Crippen LogP contribution >= 0.6 is 0 Å². The van der Waals surface area contributed by atoms with Crippen LogP contribution in [0.4, 0.5) is 17.5 Å². The van der Waals surface area contributed by atoms with Crippen LogP contribution in [0.3, 0.4) is 0 Å². The van der Waals surface area contributed by atoms with Gasteiger partial charge >= 0.3 is 0 Å². The van der Waals surface area contributed by atoms with Crippen LogP contribution in [0.1, 0.15) is 13.0 Å². The molecule has 1 atom stereocenters. The summed E-state index contributed by atoms with van der Waals surface area (Å²) < 4.78 is 3.62. The Morgan fingerprint density at radius 3 is 2.88 bits per heavy atom. The van der Waals surface area contributed by atoms with Crippen molar-refractivity contribution in [3.05, 3.63) is 31.1 Å². The Hall–Kier alpha value is -3.47. The Balaban J connectivity index is 1.59. The highest BCUT2D eigenvalue weighted by Crippen LogP contribution is 2.22. The molecule has 6 N–H and O–H groups in total. The van der Waals surface area contributed by atoms with E-state index >= 15 is 0 Å². The maximum Gasteiger partial charge on any atom is 0.198 e. The number of hydrazine groups is 1. The van der Waals surface area contributed by atoms with Crippen molar-refractivity contribution in [1.82, 2.24) is 34.1 Å². The number of hydrogen-bond donors (Lipinski definition) is 4. The van der Waals surface area contributed by atoms with Gasteiger partial charge in [-0.2, -0.15) is 9.61 Å². The van der Waals surface area contributed by atoms with Gasteiger partial charge in [-0.25, -0.2) is 25.8 Å². The van der Waals surface area contributed by atoms with Crippen molar-refractivity contribution in [1.29, 1.82) is 0 Å². The predicted molar refractivity (Wildman–Crippen MR) is 93.7 cm³/mol. The van der Waals surface area contributed by atoms with Crippen molar-refractivity contribution in [3.8, 4) is 0 Å². The second kappa shape index (κ2) is 5.87. The van der Waals surface area contributed by atoms with Crippen molar-refractivity contribution in [2.75, 3.05) is 23.0 Å². The number of nitrogens with two attached hydrogens (primary N) is 2. The monoisotopic (exact) mass is 339 g/mol. The number of aromatic nitrogens is 7. The Morgan fingerprint density at radius 1 is 1.16 bits per heavy atom. The van der Waals surface area contributed by atoms with Gasteiger partial charge in [0.15, 0.2) is 17.3 Å². The number of anilines is 3. The zero-order valence-electron chi connectivity index (χ0n) is 13.5. The molecular formula is C14H17N11. The summed E-state index contributed by atoms with van der Waals surface area (Å²) in [4.78, 5) is 16.9. The molecule has 0 aliphatic carbocycles. The third-order valence-electron chi connectivity index (χ3n) is 4.03. The van der Waals surface area contributed by atoms with Gasteiger partial charge in [0.1, 0.15) is 24.1 Å². The van der Waals surface area contributed by atoms with Crippen LogP contribution in [0, 0.1) is 0 Å². The fraction of sp³-hybridized carbons (Fsp3) is 0.214. The molecule has 0 fully saturated rings. The second-order valence-electron chi connectivity index (χ2n) is 5.58. The maximum absolute atomic E-state index is 5.89. The first-order chi connectivity index (χ1) is 12.2. The third-order valence-corrected chi connectivity index (χ3v) is 4.03. The molecule has 11 heteroatoms. The van der Waals surface area contributed by atoms with Crippen LogP contribution in [0.2, 0.25) is 0 Å². The van der Waals surface area contributed by atoms with Crippen LogP contribution in [-0.4, -0.2) is 40.7 Å². The van der Waals surface area contributed by atoms with Crippen molar-refractivity contribution in [2.45, 2.75) is 13.0 Å². The average Bonchev–Trinajstić information content (AvgIpc) is 3.24. The first kappa shape index (κ1) is 15.1. The minimum absolute atomic E-state index is 0.101. The molecule has 0 aliphatic heterocycles. The summed E-state index contributed by atoms with van der Waals surface area (Å²) in [6, 6.07) is 2.02. The van der Waals surface area contributed by atoms with Gasteiger partial charge in [-0.15, -0.1) is 0 Å². The molecule has 4 aromatic rings. The predicted octanol–water partition coefficient (Wildman–Crippen LogP) is 0.410. The lowest BCUT2D eigenvalue weighted by atomic mass is 10.3. The van der Waals surface area contributed by atoms with Crippen LogP contribution in [-0.2, 0) is 0 Å². The summed E-state index contributed by atoms with van der Waals surface area (Å²) in [5.74, 6) is 7.12. The molecule has 4 aromatic heterocycles. The zero-order chi connectivity index (χ0) is 17.4. The summed E-state index contributed by atoms with van der Waals surface area (Å²) in [7, 11) is 0. The normalized spacial score (nSPS) is 12.6. The minimum atomic E-state index is 0.101. The van der Waals surface area contributed by atoms with Gasteiger partial charge in [0, 0.05) is 18.8 Å². The zero-order valence-corrected chi connectivity index (χ0v) is 13.5. The number of hydrogen-bond acceptors (Lipinski definition) is 9. The van der Waals surface area contributed by atoms with Crippen molar-refractivity contribution in [2.24, 2.45) is 5.84 Å². The highest BCUT2D eigenvalue weighted by Gasteiger charge is 2.13. The summed E-state index contributed by atoms with van der Waals surface area (Å²) in [6.07, 6.45) is 6.46. The van der Waals surface area contributed by atoms with Crippen molar-refractivity contribution in [3.63, 3.8) is 0 Å². The first-order valence-corrected chi connectivity index (χ1v) is 7.65. The SMILES string of the molecule is CC(CNc1ncnn2c(NN)cnc12)n1ccc2c(N)ncnc21. The van der Waals surface area contributed by atoms with E-state index in [1.807, 2.05) is 16.8 Å². The number of rotatable bonds is 5. The lowest BCUT2D eigenvalue weighted by Crippen LogP contribution is -2.17. The van der Waals surface area contributed by atoms with Crippen LogP contribution in [0.5, 0.6) is 0 Å². The fourth-order valence-corrected chi connectivity index (χ4v) is 2.73. The van der Waals surface area contributed by atoms with Gasteiger partial charge in [-0.1, -0.05) is 0 Å². The molecule has 0 saturated carbocycles. The number of nitrogen functional groups attached to an aromatic ring is 2. The Morgan fingerprint density at radius 2 is 2.04 bits per heavy atom. The van der Waals surface area contributed by atoms with Gasteiger partial charge < -0.3 is 21.0 Å². The summed E-state index contributed by atoms with van der Waals surface area (Å²) in [5.41, 5.74) is 9.82. The largest absolute Gasteiger partial charge is 0.383 e. The van der Waals surface area contributed by atoms with Gasteiger partial charge in [0.05, 0.1) is 11.6 Å². The Bertz CT molecular complexity index is 1030. The maximum atomic E-state index is 5.89. The number of nitrogens with zero attached hydrogens (tertiary/aromatic N) is 7. The highest BCUT2D eigenvalue weighted by atomic mass is 15.4. The quantitative estimate of drug-likeness (QED) is 0.299. The Kier molecular flexibility index (Phi) is 3.54. The molecule has 0 aromatic carbocycles. The molecular weight excluding hydrogens is 322 g/mol. The van der Waals surface area contributed by atoms with E-state index in [0.29, 0.717) is 29.6 Å². The van der Waals surface area contributed by atoms with E-state index in [1.54, 1.807) is 10.7 Å². The van der Waals surface area contributed by atoms with Gasteiger partial charge in [-0.05, 0) is 13.0 Å². The van der Waals surface area contributed by atoms with E-state index in [0.717, 1.165) is 11.0 Å². The van der Waals surface area contributed by atoms with E-state index in [2.05, 4.69) is 42.7 Å². The molecule has 0 bridgehead atoms. The number of fused-ring (bicyclic) bond motifs is 2. The second-order valence-corrected chi connectivity index (χ2v) is 5.58. The minimum Gasteiger partial charge on any atom is -0.383 e. The summed E-state index contributed by atoms with van der Waals surface area (Å²) in [5, 5.41) is 8.26. The summed E-state index contributed by atoms with van der Waals surface area (Å²) in [6.45, 7) is 2.68. The van der Waals surface area contributed by atoms with Crippen molar-refractivity contribution >= 4 is 34.1 Å². The molecule has 4 heterocycles. The van der Waals surface area contributed by atoms with Crippen LogP contribution in [0.15, 0.2) is 31.1 Å². The molecule has 128 valence electrons. The molecule has 0 aliphatic rings. The van der Waals surface area contributed by atoms with E-state index in [9.17, 15) is 0 Å². The van der Waals surface area contributed by atoms with Gasteiger partial charge in [0.25, 0.3) is 0 Å². The van der Waals surface area contributed by atoms with E-state index < -0.39 is 0 Å². The average molecular weight is 339 g/mol. The molecule has 1 unspecified atom stereocenters. The van der Waals surface area contributed by atoms with E-state index in [1.165, 1.54) is 12.7 Å². The van der Waals surface area contributed by atoms with Gasteiger partial charge in [0.2, 0.25) is 0 Å². The molecule has 4 rings (SSSR count). The third kappa shape index (κ3) is 2.46. The molecule has 0 amide bonds. The number of nitrogens with one attached hydrogen (secondary N) is 2. The molecule has 25 heavy (non-hydrogen) atoms. The topological polar surface area (TPSA) is 150 Å². The highest BCUT2D eigenvalue weighted by molar-refractivity contribution is 5.86. The smallest absolute Gasteiger partial charge is 0.198 e. The summed E-state index contributed by atoms with van der Waals surface area (Å²) >= 11 is 0. The molecule has 0 spiro atoms. The van der Waals surface area contributed by atoms with Crippen LogP contribution < -0.4 is 22.3 Å². The number of imidazole rings is 1. The molecule has 11 nitrogen and oxygen atoms in total. The van der Waals surface area contributed by atoms with Crippen molar-refractivity contribution < 1.29 is 0 Å². The first-order valence-electron chi connectivity index (χ1n) is 7.65.